The first kappa shape index (κ1) is 19.2. The molecule has 0 spiro atoms. The van der Waals surface area contributed by atoms with Crippen LogP contribution in [0.2, 0.25) is 0 Å². The lowest BCUT2D eigenvalue weighted by Crippen LogP contribution is -2.16. The number of hydrogen-bond donors (Lipinski definition) is 1. The number of carbonyl (C=O) groups excluding carboxylic acids is 1. The number of aromatic nitrogens is 2. The molecule has 0 saturated carbocycles. The third-order valence-corrected chi connectivity index (χ3v) is 4.32. The number of nitro benzene ring substituents is 2. The Morgan fingerprint density at radius 3 is 2.21 bits per heavy atom. The average Bonchev–Trinajstić information content (AvgIpc) is 3.09. The van der Waals surface area contributed by atoms with Crippen molar-refractivity contribution < 1.29 is 14.6 Å². The second-order valence-corrected chi connectivity index (χ2v) is 6.62. The molecule has 0 atom stereocenters. The van der Waals surface area contributed by atoms with E-state index in [1.54, 1.807) is 6.07 Å². The van der Waals surface area contributed by atoms with E-state index in [2.05, 4.69) is 26.3 Å². The first-order valence-corrected chi connectivity index (χ1v) is 8.64. The number of nitrogens with one attached hydrogen (secondary N) is 1. The van der Waals surface area contributed by atoms with Crippen LogP contribution in [-0.4, -0.2) is 25.5 Å². The van der Waals surface area contributed by atoms with Crippen LogP contribution in [0.15, 0.2) is 59.2 Å². The number of amides is 1. The Hall–Kier alpha value is -3.60. The molecule has 2 aromatic carbocycles. The normalized spacial score (nSPS) is 10.5. The Bertz CT molecular complexity index is 1030. The summed E-state index contributed by atoms with van der Waals surface area (Å²) in [5.74, 6) is -0.369. The van der Waals surface area contributed by atoms with Crippen LogP contribution in [-0.2, 0) is 6.54 Å². The monoisotopic (exact) mass is 445 g/mol. The highest BCUT2D eigenvalue weighted by molar-refractivity contribution is 9.10. The minimum Gasteiger partial charge on any atom is -0.307 e. The summed E-state index contributed by atoms with van der Waals surface area (Å²) in [5.41, 5.74) is -0.337. The van der Waals surface area contributed by atoms with Crippen LogP contribution in [0.3, 0.4) is 0 Å². The number of hydrogen-bond acceptors (Lipinski definition) is 6. The van der Waals surface area contributed by atoms with Crippen LogP contribution in [0.1, 0.15) is 15.9 Å². The molecular formula is C17H12BrN5O5. The molecule has 1 heterocycles. The Balaban J connectivity index is 1.84. The minimum atomic E-state index is -0.790. The fourth-order valence-corrected chi connectivity index (χ4v) is 2.72. The summed E-state index contributed by atoms with van der Waals surface area (Å²) in [6.45, 7) is 0.380. The zero-order valence-electron chi connectivity index (χ0n) is 14.1. The maximum atomic E-state index is 12.5. The molecule has 0 saturated heterocycles. The third-order valence-electron chi connectivity index (χ3n) is 3.79. The van der Waals surface area contributed by atoms with E-state index in [4.69, 9.17) is 0 Å². The van der Waals surface area contributed by atoms with Gasteiger partial charge in [-0.1, -0.05) is 28.1 Å². The highest BCUT2D eigenvalue weighted by atomic mass is 79.9. The van der Waals surface area contributed by atoms with Gasteiger partial charge in [-0.2, -0.15) is 5.10 Å². The van der Waals surface area contributed by atoms with Gasteiger partial charge < -0.3 is 5.32 Å². The van der Waals surface area contributed by atoms with E-state index in [1.165, 1.54) is 10.9 Å². The van der Waals surface area contributed by atoms with Crippen LogP contribution < -0.4 is 5.32 Å². The minimum absolute atomic E-state index is 0.197. The molecule has 3 aromatic rings. The Morgan fingerprint density at radius 1 is 1.04 bits per heavy atom. The number of nitrogens with zero attached hydrogens (tertiary/aromatic N) is 4. The van der Waals surface area contributed by atoms with Crippen molar-refractivity contribution in [1.29, 1.82) is 0 Å². The number of non-ortho nitro benzene ring substituents is 2. The van der Waals surface area contributed by atoms with Crippen LogP contribution in [0, 0.1) is 20.2 Å². The summed E-state index contributed by atoms with van der Waals surface area (Å²) in [6.07, 6.45) is 1.49. The molecule has 1 N–H and O–H groups in total. The average molecular weight is 446 g/mol. The quantitative estimate of drug-likeness (QED) is 0.453. The summed E-state index contributed by atoms with van der Waals surface area (Å²) in [7, 11) is 0. The molecule has 0 fully saturated rings. The van der Waals surface area contributed by atoms with Crippen LogP contribution in [0.4, 0.5) is 17.2 Å². The molecular weight excluding hydrogens is 434 g/mol. The van der Waals surface area contributed by atoms with E-state index in [0.717, 1.165) is 28.2 Å². The van der Waals surface area contributed by atoms with Crippen LogP contribution in [0.25, 0.3) is 0 Å². The topological polar surface area (TPSA) is 133 Å². The second-order valence-electron chi connectivity index (χ2n) is 5.71. The summed E-state index contributed by atoms with van der Waals surface area (Å²) in [5, 5.41) is 28.7. The van der Waals surface area contributed by atoms with Crippen molar-refractivity contribution in [1.82, 2.24) is 9.78 Å². The van der Waals surface area contributed by atoms with Gasteiger partial charge in [0.15, 0.2) is 0 Å². The number of rotatable bonds is 6. The lowest BCUT2D eigenvalue weighted by Gasteiger charge is -2.09. The van der Waals surface area contributed by atoms with Crippen molar-refractivity contribution in [3.63, 3.8) is 0 Å². The number of halogens is 1. The fourth-order valence-electron chi connectivity index (χ4n) is 2.45. The van der Waals surface area contributed by atoms with Gasteiger partial charge in [0.25, 0.3) is 17.3 Å². The van der Waals surface area contributed by atoms with E-state index in [-0.39, 0.29) is 5.56 Å². The van der Waals surface area contributed by atoms with Crippen LogP contribution in [0.5, 0.6) is 0 Å². The summed E-state index contributed by atoms with van der Waals surface area (Å²) >= 11 is 3.35. The lowest BCUT2D eigenvalue weighted by atomic mass is 10.1. The molecule has 3 rings (SSSR count). The van der Waals surface area contributed by atoms with Gasteiger partial charge in [-0.15, -0.1) is 0 Å². The van der Waals surface area contributed by atoms with E-state index in [9.17, 15) is 25.0 Å². The first-order valence-electron chi connectivity index (χ1n) is 7.85. The highest BCUT2D eigenvalue weighted by Crippen LogP contribution is 2.23. The molecule has 0 unspecified atom stereocenters. The van der Waals surface area contributed by atoms with Gasteiger partial charge in [0.1, 0.15) is 5.82 Å². The molecule has 1 amide bonds. The molecule has 142 valence electrons. The van der Waals surface area contributed by atoms with E-state index in [0.29, 0.717) is 12.4 Å². The van der Waals surface area contributed by atoms with Gasteiger partial charge in [-0.3, -0.25) is 25.0 Å². The maximum absolute atomic E-state index is 12.5. The fraction of sp³-hybridized carbons (Fsp3) is 0.0588. The lowest BCUT2D eigenvalue weighted by molar-refractivity contribution is -0.394. The van der Waals surface area contributed by atoms with Gasteiger partial charge in [0, 0.05) is 22.7 Å². The number of benzene rings is 2. The number of nitro groups is 2. The van der Waals surface area contributed by atoms with E-state index in [1.807, 2.05) is 24.3 Å². The van der Waals surface area contributed by atoms with Crippen LogP contribution >= 0.6 is 15.9 Å². The van der Waals surface area contributed by atoms with Gasteiger partial charge in [-0.25, -0.2) is 4.68 Å². The summed E-state index contributed by atoms with van der Waals surface area (Å²) in [4.78, 5) is 32.9. The molecule has 1 aromatic heterocycles. The highest BCUT2D eigenvalue weighted by Gasteiger charge is 2.20. The molecule has 0 radical (unpaired) electrons. The smallest absolute Gasteiger partial charge is 0.277 e. The van der Waals surface area contributed by atoms with Gasteiger partial charge in [0.05, 0.1) is 34.2 Å². The Kier molecular flexibility index (Phi) is 5.45. The van der Waals surface area contributed by atoms with Gasteiger partial charge in [0.2, 0.25) is 0 Å². The van der Waals surface area contributed by atoms with Crippen molar-refractivity contribution in [3.05, 3.63) is 90.6 Å². The van der Waals surface area contributed by atoms with Crippen molar-refractivity contribution in [2.24, 2.45) is 0 Å². The second kappa shape index (κ2) is 7.96. The van der Waals surface area contributed by atoms with E-state index < -0.39 is 27.1 Å². The number of carbonyl (C=O) groups is 1. The molecule has 0 aliphatic carbocycles. The zero-order chi connectivity index (χ0) is 20.3. The third kappa shape index (κ3) is 4.38. The van der Waals surface area contributed by atoms with Gasteiger partial charge >= 0.3 is 0 Å². The molecule has 0 aliphatic rings. The zero-order valence-corrected chi connectivity index (χ0v) is 15.7. The predicted octanol–water partition coefficient (Wildman–Crippen LogP) is 3.76. The summed E-state index contributed by atoms with van der Waals surface area (Å²) in [6, 6.07) is 11.9. The molecule has 0 aliphatic heterocycles. The first-order chi connectivity index (χ1) is 13.3. The van der Waals surface area contributed by atoms with Crippen molar-refractivity contribution in [2.75, 3.05) is 5.32 Å². The van der Waals surface area contributed by atoms with Crippen molar-refractivity contribution >= 4 is 39.0 Å². The summed E-state index contributed by atoms with van der Waals surface area (Å²) < 4.78 is 2.46. The molecule has 28 heavy (non-hydrogen) atoms. The molecule has 0 bridgehead atoms. The predicted molar refractivity (Wildman–Crippen MR) is 103 cm³/mol. The van der Waals surface area contributed by atoms with Gasteiger partial charge in [-0.05, 0) is 17.7 Å². The Labute approximate surface area is 166 Å². The molecule has 11 heteroatoms. The van der Waals surface area contributed by atoms with Crippen molar-refractivity contribution in [2.45, 2.75) is 6.54 Å². The maximum Gasteiger partial charge on any atom is 0.277 e. The largest absolute Gasteiger partial charge is 0.307 e. The standard InChI is InChI=1S/C17H12BrN5O5/c18-13-3-1-11(2-4-13)10-21-16(5-6-19-21)20-17(24)12-7-14(22(25)26)9-15(8-12)23(27)28/h1-9H,10H2,(H,20,24). The molecule has 10 nitrogen and oxygen atoms in total. The van der Waals surface area contributed by atoms with Crippen molar-refractivity contribution in [3.8, 4) is 0 Å². The number of anilines is 1. The Morgan fingerprint density at radius 2 is 1.64 bits per heavy atom. The SMILES string of the molecule is O=C(Nc1ccnn1Cc1ccc(Br)cc1)c1cc([N+](=O)[O-])cc([N+](=O)[O-])c1. The van der Waals surface area contributed by atoms with E-state index >= 15 is 0 Å².